The average Bonchev–Trinajstić information content (AvgIpc) is 2.82. The Morgan fingerprint density at radius 3 is 2.85 bits per heavy atom. The van der Waals surface area contributed by atoms with E-state index in [-0.39, 0.29) is 11.2 Å². The smallest absolute Gasteiger partial charge is 0.123 e. The number of hydrogen-bond acceptors (Lipinski definition) is 2. The fourth-order valence-corrected chi connectivity index (χ4v) is 2.60. The number of carbonyl (C=O) groups excluding carboxylic acids is 1. The number of allylic oxidation sites excluding steroid dienone is 1. The molecule has 3 nitrogen and oxygen atoms in total. The summed E-state index contributed by atoms with van der Waals surface area (Å²) in [7, 11) is 0. The number of hydrogen-bond donors (Lipinski definition) is 0. The van der Waals surface area contributed by atoms with Crippen LogP contribution >= 0.6 is 0 Å². The summed E-state index contributed by atoms with van der Waals surface area (Å²) in [5.74, 6) is -0.260. The maximum Gasteiger partial charge on any atom is 0.123 e. The first-order valence-electron chi connectivity index (χ1n) is 6.57. The Morgan fingerprint density at radius 1 is 1.40 bits per heavy atom. The second-order valence-corrected chi connectivity index (χ2v) is 5.48. The summed E-state index contributed by atoms with van der Waals surface area (Å²) in [6.07, 6.45) is 8.14. The SMILES string of the molecule is CC1(CC=O)C=Cc2c(cnn2-c2ccc(F)cc2)C1. The van der Waals surface area contributed by atoms with Crippen molar-refractivity contribution in [1.82, 2.24) is 9.78 Å². The Hall–Kier alpha value is -2.23. The van der Waals surface area contributed by atoms with Crippen molar-refractivity contribution in [2.45, 2.75) is 19.8 Å². The van der Waals surface area contributed by atoms with E-state index in [1.165, 1.54) is 12.1 Å². The van der Waals surface area contributed by atoms with Crippen LogP contribution in [0.5, 0.6) is 0 Å². The van der Waals surface area contributed by atoms with Gasteiger partial charge in [-0.3, -0.25) is 0 Å². The average molecular weight is 270 g/mol. The minimum atomic E-state index is -0.260. The van der Waals surface area contributed by atoms with Gasteiger partial charge in [-0.2, -0.15) is 5.10 Å². The van der Waals surface area contributed by atoms with Gasteiger partial charge in [-0.25, -0.2) is 9.07 Å². The number of nitrogens with zero attached hydrogens (tertiary/aromatic N) is 2. The monoisotopic (exact) mass is 270 g/mol. The van der Waals surface area contributed by atoms with E-state index in [1.54, 1.807) is 16.8 Å². The number of fused-ring (bicyclic) bond motifs is 1. The van der Waals surface area contributed by atoms with E-state index >= 15 is 0 Å². The summed E-state index contributed by atoms with van der Waals surface area (Å²) in [4.78, 5) is 10.8. The molecule has 1 aromatic carbocycles. The molecule has 0 spiro atoms. The number of benzene rings is 1. The van der Waals surface area contributed by atoms with Gasteiger partial charge in [-0.05, 0) is 47.7 Å². The molecule has 0 saturated heterocycles. The van der Waals surface area contributed by atoms with Crippen LogP contribution in [0.2, 0.25) is 0 Å². The normalized spacial score (nSPS) is 20.7. The van der Waals surface area contributed by atoms with Gasteiger partial charge in [0.1, 0.15) is 12.1 Å². The third-order valence-electron chi connectivity index (χ3n) is 3.74. The number of halogens is 1. The van der Waals surface area contributed by atoms with Crippen molar-refractivity contribution in [3.05, 3.63) is 53.6 Å². The molecule has 4 heteroatoms. The molecule has 1 atom stereocenters. The van der Waals surface area contributed by atoms with Crippen LogP contribution in [0.4, 0.5) is 4.39 Å². The van der Waals surface area contributed by atoms with Crippen LogP contribution in [0.25, 0.3) is 11.8 Å². The predicted molar refractivity (Wildman–Crippen MR) is 75.0 cm³/mol. The Morgan fingerprint density at radius 2 is 2.15 bits per heavy atom. The van der Waals surface area contributed by atoms with Gasteiger partial charge < -0.3 is 4.79 Å². The zero-order chi connectivity index (χ0) is 14.2. The molecule has 1 aliphatic carbocycles. The molecule has 0 bridgehead atoms. The van der Waals surface area contributed by atoms with Gasteiger partial charge in [0, 0.05) is 6.42 Å². The van der Waals surface area contributed by atoms with Gasteiger partial charge >= 0.3 is 0 Å². The lowest BCUT2D eigenvalue weighted by Crippen LogP contribution is -2.20. The molecule has 2 aromatic rings. The third-order valence-corrected chi connectivity index (χ3v) is 3.74. The van der Waals surface area contributed by atoms with Crippen molar-refractivity contribution >= 4 is 12.4 Å². The standard InChI is InChI=1S/C16H15FN2O/c1-16(8-9-20)7-6-15-12(10-16)11-18-19(15)14-4-2-13(17)3-5-14/h2-7,9,11H,8,10H2,1H3. The molecule has 20 heavy (non-hydrogen) atoms. The first-order chi connectivity index (χ1) is 9.61. The first-order valence-corrected chi connectivity index (χ1v) is 6.57. The minimum absolute atomic E-state index is 0.134. The number of aromatic nitrogens is 2. The highest BCUT2D eigenvalue weighted by Crippen LogP contribution is 2.35. The fraction of sp³-hybridized carbons (Fsp3) is 0.250. The van der Waals surface area contributed by atoms with Gasteiger partial charge in [0.05, 0.1) is 17.6 Å². The van der Waals surface area contributed by atoms with Crippen LogP contribution < -0.4 is 0 Å². The Bertz CT molecular complexity index is 672. The van der Waals surface area contributed by atoms with E-state index in [1.807, 2.05) is 12.3 Å². The van der Waals surface area contributed by atoms with Gasteiger partial charge in [0.15, 0.2) is 0 Å². The lowest BCUT2D eigenvalue weighted by molar-refractivity contribution is -0.109. The van der Waals surface area contributed by atoms with Crippen LogP contribution in [-0.2, 0) is 11.2 Å². The van der Waals surface area contributed by atoms with E-state index in [0.717, 1.165) is 29.7 Å². The molecule has 1 aliphatic rings. The summed E-state index contributed by atoms with van der Waals surface area (Å²) in [6.45, 7) is 2.07. The largest absolute Gasteiger partial charge is 0.303 e. The van der Waals surface area contributed by atoms with E-state index < -0.39 is 0 Å². The second-order valence-electron chi connectivity index (χ2n) is 5.48. The Kier molecular flexibility index (Phi) is 3.01. The van der Waals surface area contributed by atoms with E-state index in [4.69, 9.17) is 0 Å². The summed E-state index contributed by atoms with van der Waals surface area (Å²) in [5, 5.41) is 4.38. The topological polar surface area (TPSA) is 34.9 Å². The predicted octanol–water partition coefficient (Wildman–Crippen LogP) is 3.18. The highest BCUT2D eigenvalue weighted by molar-refractivity contribution is 5.60. The molecule has 0 amide bonds. The second kappa shape index (κ2) is 4.71. The van der Waals surface area contributed by atoms with Crippen LogP contribution in [-0.4, -0.2) is 16.1 Å². The summed E-state index contributed by atoms with van der Waals surface area (Å²) in [6, 6.07) is 6.25. The van der Waals surface area contributed by atoms with Gasteiger partial charge in [-0.1, -0.05) is 13.0 Å². The zero-order valence-corrected chi connectivity index (χ0v) is 11.2. The molecular weight excluding hydrogens is 255 g/mol. The third kappa shape index (κ3) is 2.18. The summed E-state index contributed by atoms with van der Waals surface area (Å²) >= 11 is 0. The van der Waals surface area contributed by atoms with E-state index in [2.05, 4.69) is 18.1 Å². The van der Waals surface area contributed by atoms with Crippen molar-refractivity contribution < 1.29 is 9.18 Å². The molecule has 1 unspecified atom stereocenters. The summed E-state index contributed by atoms with van der Waals surface area (Å²) < 4.78 is 14.8. The molecular formula is C16H15FN2O. The highest BCUT2D eigenvalue weighted by Gasteiger charge is 2.27. The number of aldehydes is 1. The fourth-order valence-electron chi connectivity index (χ4n) is 2.60. The van der Waals surface area contributed by atoms with Crippen molar-refractivity contribution in [3.8, 4) is 5.69 Å². The van der Waals surface area contributed by atoms with Crippen molar-refractivity contribution in [2.24, 2.45) is 5.41 Å². The molecule has 1 heterocycles. The molecule has 0 fully saturated rings. The maximum absolute atomic E-state index is 13.0. The number of rotatable bonds is 3. The van der Waals surface area contributed by atoms with Crippen LogP contribution in [0.3, 0.4) is 0 Å². The molecule has 1 aromatic heterocycles. The van der Waals surface area contributed by atoms with Gasteiger partial charge in [-0.15, -0.1) is 0 Å². The van der Waals surface area contributed by atoms with Crippen molar-refractivity contribution in [2.75, 3.05) is 0 Å². The lowest BCUT2D eigenvalue weighted by Gasteiger charge is -2.26. The van der Waals surface area contributed by atoms with Crippen LogP contribution in [0.1, 0.15) is 24.6 Å². The van der Waals surface area contributed by atoms with E-state index in [0.29, 0.717) is 6.42 Å². The first kappa shape index (κ1) is 12.8. The quantitative estimate of drug-likeness (QED) is 0.803. The number of carbonyl (C=O) groups is 1. The highest BCUT2D eigenvalue weighted by atomic mass is 19.1. The molecule has 0 saturated carbocycles. The Labute approximate surface area is 116 Å². The molecule has 0 aliphatic heterocycles. The summed E-state index contributed by atoms with van der Waals surface area (Å²) in [5.41, 5.74) is 2.81. The minimum Gasteiger partial charge on any atom is -0.303 e. The molecule has 0 N–H and O–H groups in total. The van der Waals surface area contributed by atoms with Crippen molar-refractivity contribution in [3.63, 3.8) is 0 Å². The molecule has 0 radical (unpaired) electrons. The van der Waals surface area contributed by atoms with Crippen LogP contribution in [0, 0.1) is 11.2 Å². The Balaban J connectivity index is 1.98. The van der Waals surface area contributed by atoms with Gasteiger partial charge in [0.25, 0.3) is 0 Å². The van der Waals surface area contributed by atoms with Crippen LogP contribution in [0.15, 0.2) is 36.5 Å². The van der Waals surface area contributed by atoms with Gasteiger partial charge in [0.2, 0.25) is 0 Å². The zero-order valence-electron chi connectivity index (χ0n) is 11.2. The molecule has 102 valence electrons. The molecule has 3 rings (SSSR count). The van der Waals surface area contributed by atoms with E-state index in [9.17, 15) is 9.18 Å². The van der Waals surface area contributed by atoms with Crippen molar-refractivity contribution in [1.29, 1.82) is 0 Å². The maximum atomic E-state index is 13.0. The lowest BCUT2D eigenvalue weighted by atomic mass is 9.78.